The summed E-state index contributed by atoms with van der Waals surface area (Å²) in [6, 6.07) is 11.8. The molecule has 8 heteroatoms. The number of amidine groups is 1. The zero-order chi connectivity index (χ0) is 18.4. The van der Waals surface area contributed by atoms with Gasteiger partial charge in [0.1, 0.15) is 0 Å². The van der Waals surface area contributed by atoms with E-state index in [-0.39, 0.29) is 22.5 Å². The van der Waals surface area contributed by atoms with Crippen molar-refractivity contribution in [3.8, 4) is 0 Å². The van der Waals surface area contributed by atoms with Gasteiger partial charge in [-0.05, 0) is 24.3 Å². The van der Waals surface area contributed by atoms with Crippen LogP contribution < -0.4 is 11.1 Å². The number of carboxylic acid groups (broad SMARTS) is 1. The number of hydrogen-bond acceptors (Lipinski definition) is 3. The molecule has 0 radical (unpaired) electrons. The molecule has 0 aliphatic rings. The van der Waals surface area contributed by atoms with Gasteiger partial charge in [-0.2, -0.15) is 4.99 Å². The number of hydrogen-bond donors (Lipinski definition) is 3. The first-order valence-electron chi connectivity index (χ1n) is 6.92. The van der Waals surface area contributed by atoms with E-state index in [2.05, 4.69) is 15.2 Å². The van der Waals surface area contributed by atoms with Gasteiger partial charge in [-0.15, -0.1) is 0 Å². The molecular formula is C17H12N4O4. The molecule has 8 nitrogen and oxygen atoms in total. The molecular weight excluding hydrogens is 324 g/mol. The van der Waals surface area contributed by atoms with E-state index in [4.69, 9.17) is 17.4 Å². The highest BCUT2D eigenvalue weighted by Gasteiger charge is 2.16. The molecule has 0 aromatic heterocycles. The van der Waals surface area contributed by atoms with Gasteiger partial charge in [0.15, 0.2) is 11.5 Å². The van der Waals surface area contributed by atoms with E-state index in [0.717, 1.165) is 6.07 Å². The highest BCUT2D eigenvalue weighted by atomic mass is 16.4. The van der Waals surface area contributed by atoms with Crippen LogP contribution in [0.2, 0.25) is 0 Å². The third-order valence-corrected chi connectivity index (χ3v) is 3.09. The van der Waals surface area contributed by atoms with E-state index in [1.807, 2.05) is 0 Å². The third-order valence-electron chi connectivity index (χ3n) is 3.09. The van der Waals surface area contributed by atoms with E-state index in [0.29, 0.717) is 0 Å². The van der Waals surface area contributed by atoms with Crippen LogP contribution in [-0.2, 0) is 4.79 Å². The fourth-order valence-corrected chi connectivity index (χ4v) is 1.88. The lowest BCUT2D eigenvalue weighted by molar-refractivity contribution is -0.110. The molecule has 2 aromatic rings. The SMILES string of the molecule is [C-]#[N+]c1ccc(NC(=O)C(N)=NC(=O)c2ccccc2)c(C(=O)O)c1. The normalized spacial score (nSPS) is 10.6. The summed E-state index contributed by atoms with van der Waals surface area (Å²) in [7, 11) is 0. The van der Waals surface area contributed by atoms with E-state index in [1.54, 1.807) is 18.2 Å². The van der Waals surface area contributed by atoms with Crippen LogP contribution in [-0.4, -0.2) is 28.7 Å². The fraction of sp³-hybridized carbons (Fsp3) is 0. The van der Waals surface area contributed by atoms with Crippen LogP contribution in [0, 0.1) is 6.57 Å². The summed E-state index contributed by atoms with van der Waals surface area (Å²) < 4.78 is 0. The van der Waals surface area contributed by atoms with Crippen LogP contribution in [0.3, 0.4) is 0 Å². The van der Waals surface area contributed by atoms with Crippen molar-refractivity contribution < 1.29 is 19.5 Å². The molecule has 0 atom stereocenters. The summed E-state index contributed by atoms with van der Waals surface area (Å²) in [6.07, 6.45) is 0. The molecule has 124 valence electrons. The molecule has 4 N–H and O–H groups in total. The average Bonchev–Trinajstić information content (AvgIpc) is 2.62. The number of carboxylic acids is 1. The molecule has 2 amide bonds. The highest BCUT2D eigenvalue weighted by Crippen LogP contribution is 2.22. The molecule has 0 saturated carbocycles. The fourth-order valence-electron chi connectivity index (χ4n) is 1.88. The number of carbonyl (C=O) groups is 3. The Morgan fingerprint density at radius 3 is 2.40 bits per heavy atom. The van der Waals surface area contributed by atoms with Crippen molar-refractivity contribution in [1.82, 2.24) is 0 Å². The monoisotopic (exact) mass is 336 g/mol. The number of anilines is 1. The summed E-state index contributed by atoms with van der Waals surface area (Å²) in [5.74, 6) is -3.56. The van der Waals surface area contributed by atoms with Crippen LogP contribution in [0.1, 0.15) is 20.7 Å². The topological polar surface area (TPSA) is 126 Å². The van der Waals surface area contributed by atoms with Crippen molar-refractivity contribution in [2.75, 3.05) is 5.32 Å². The molecule has 2 rings (SSSR count). The zero-order valence-corrected chi connectivity index (χ0v) is 12.8. The second kappa shape index (κ2) is 7.52. The molecule has 25 heavy (non-hydrogen) atoms. The molecule has 0 spiro atoms. The molecule has 0 unspecified atom stereocenters. The Bertz CT molecular complexity index is 914. The molecule has 0 fully saturated rings. The Labute approximate surface area is 142 Å². The zero-order valence-electron chi connectivity index (χ0n) is 12.8. The van der Waals surface area contributed by atoms with Crippen molar-refractivity contribution >= 4 is 35.0 Å². The van der Waals surface area contributed by atoms with Gasteiger partial charge in [-0.1, -0.05) is 24.3 Å². The van der Waals surface area contributed by atoms with Gasteiger partial charge >= 0.3 is 5.97 Å². The predicted molar refractivity (Wildman–Crippen MR) is 90.7 cm³/mol. The van der Waals surface area contributed by atoms with Gasteiger partial charge in [-0.25, -0.2) is 9.64 Å². The molecule has 0 aliphatic carbocycles. The van der Waals surface area contributed by atoms with Crippen molar-refractivity contribution in [2.24, 2.45) is 10.7 Å². The van der Waals surface area contributed by atoms with Gasteiger partial charge in [-0.3, -0.25) is 9.59 Å². The smallest absolute Gasteiger partial charge is 0.336 e. The predicted octanol–water partition coefficient (Wildman–Crippen LogP) is 2.07. The number of aromatic carboxylic acids is 1. The Morgan fingerprint density at radius 2 is 1.80 bits per heavy atom. The summed E-state index contributed by atoms with van der Waals surface area (Å²) in [4.78, 5) is 41.8. The van der Waals surface area contributed by atoms with Crippen molar-refractivity contribution in [1.29, 1.82) is 0 Å². The number of carbonyl (C=O) groups excluding carboxylic acids is 2. The molecule has 0 bridgehead atoms. The number of nitrogens with zero attached hydrogens (tertiary/aromatic N) is 2. The Balaban J connectivity index is 2.22. The van der Waals surface area contributed by atoms with Crippen LogP contribution in [0.5, 0.6) is 0 Å². The lowest BCUT2D eigenvalue weighted by Crippen LogP contribution is -2.31. The van der Waals surface area contributed by atoms with E-state index in [9.17, 15) is 14.4 Å². The minimum absolute atomic E-state index is 0.0600. The summed E-state index contributed by atoms with van der Waals surface area (Å²) in [5, 5.41) is 11.4. The maximum Gasteiger partial charge on any atom is 0.336 e. The van der Waals surface area contributed by atoms with Crippen LogP contribution in [0.25, 0.3) is 4.85 Å². The van der Waals surface area contributed by atoms with Gasteiger partial charge < -0.3 is 16.2 Å². The first-order valence-corrected chi connectivity index (χ1v) is 6.92. The highest BCUT2D eigenvalue weighted by molar-refractivity contribution is 6.43. The van der Waals surface area contributed by atoms with Crippen molar-refractivity contribution in [3.05, 3.63) is 71.1 Å². The van der Waals surface area contributed by atoms with Crippen LogP contribution in [0.4, 0.5) is 11.4 Å². The Hall–Kier alpha value is -3.99. The summed E-state index contributed by atoms with van der Waals surface area (Å²) in [6.45, 7) is 6.89. The van der Waals surface area contributed by atoms with Crippen molar-refractivity contribution in [3.63, 3.8) is 0 Å². The minimum atomic E-state index is -1.32. The molecule has 0 heterocycles. The largest absolute Gasteiger partial charge is 0.478 e. The maximum atomic E-state index is 12.0. The number of benzene rings is 2. The summed E-state index contributed by atoms with van der Waals surface area (Å²) >= 11 is 0. The van der Waals surface area contributed by atoms with Crippen LogP contribution in [0.15, 0.2) is 53.5 Å². The van der Waals surface area contributed by atoms with E-state index >= 15 is 0 Å². The van der Waals surface area contributed by atoms with Gasteiger partial charge in [0.05, 0.1) is 17.8 Å². The second-order valence-electron chi connectivity index (χ2n) is 4.77. The van der Waals surface area contributed by atoms with E-state index in [1.165, 1.54) is 24.3 Å². The number of nitrogens with one attached hydrogen (secondary N) is 1. The standard InChI is InChI=1S/C17H12N4O4/c1-19-11-7-8-13(12(9-11)17(24)25)20-16(23)14(18)21-15(22)10-5-3-2-4-6-10/h2-9H,(H,20,23)(H,24,25)(H2,18,21,22). The first-order chi connectivity index (χ1) is 11.9. The lowest BCUT2D eigenvalue weighted by atomic mass is 10.1. The molecule has 0 saturated heterocycles. The second-order valence-corrected chi connectivity index (χ2v) is 4.77. The minimum Gasteiger partial charge on any atom is -0.478 e. The van der Waals surface area contributed by atoms with Gasteiger partial charge in [0.25, 0.3) is 11.8 Å². The molecule has 2 aromatic carbocycles. The van der Waals surface area contributed by atoms with E-state index < -0.39 is 23.6 Å². The Morgan fingerprint density at radius 1 is 1.12 bits per heavy atom. The van der Waals surface area contributed by atoms with Crippen LogP contribution >= 0.6 is 0 Å². The molecule has 0 aliphatic heterocycles. The number of amides is 2. The lowest BCUT2D eigenvalue weighted by Gasteiger charge is -2.08. The average molecular weight is 336 g/mol. The van der Waals surface area contributed by atoms with Gasteiger partial charge in [0, 0.05) is 5.56 Å². The van der Waals surface area contributed by atoms with Crippen molar-refractivity contribution in [2.45, 2.75) is 0 Å². The summed E-state index contributed by atoms with van der Waals surface area (Å²) in [5.41, 5.74) is 5.54. The maximum absolute atomic E-state index is 12.0. The third kappa shape index (κ3) is 4.27. The number of aliphatic imine (C=N–C) groups is 1. The Kier molecular flexibility index (Phi) is 5.22. The number of rotatable bonds is 3. The first kappa shape index (κ1) is 17.4. The quantitative estimate of drug-likeness (QED) is 0.449. The van der Waals surface area contributed by atoms with Gasteiger partial charge in [0.2, 0.25) is 0 Å². The number of nitrogens with two attached hydrogens (primary N) is 1.